The first kappa shape index (κ1) is 18.5. The van der Waals surface area contributed by atoms with Gasteiger partial charge in [-0.15, -0.1) is 10.2 Å². The molecule has 0 atom stereocenters. The van der Waals surface area contributed by atoms with Gasteiger partial charge in [0.2, 0.25) is 0 Å². The molecule has 0 bridgehead atoms. The number of halogens is 2. The van der Waals surface area contributed by atoms with Gasteiger partial charge in [-0.1, -0.05) is 35.0 Å². The van der Waals surface area contributed by atoms with Crippen LogP contribution < -0.4 is 4.74 Å². The highest BCUT2D eigenvalue weighted by molar-refractivity contribution is 7.98. The van der Waals surface area contributed by atoms with Crippen LogP contribution in [0.25, 0.3) is 0 Å². The zero-order valence-electron chi connectivity index (χ0n) is 13.4. The second kappa shape index (κ2) is 7.94. The number of hydrogen-bond acceptors (Lipinski definition) is 7. The molecule has 0 saturated carbocycles. The number of rotatable bonds is 7. The van der Waals surface area contributed by atoms with Gasteiger partial charge in [-0.05, 0) is 18.2 Å². The summed E-state index contributed by atoms with van der Waals surface area (Å²) >= 11 is 13.3. The van der Waals surface area contributed by atoms with Gasteiger partial charge in [-0.25, -0.2) is 0 Å². The molecule has 0 aliphatic rings. The quantitative estimate of drug-likeness (QED) is 0.330. The van der Waals surface area contributed by atoms with Gasteiger partial charge < -0.3 is 9.30 Å². The van der Waals surface area contributed by atoms with Gasteiger partial charge in [0, 0.05) is 12.1 Å². The van der Waals surface area contributed by atoms with Crippen molar-refractivity contribution in [1.82, 2.24) is 24.5 Å². The maximum absolute atomic E-state index is 10.7. The lowest BCUT2D eigenvalue weighted by Crippen LogP contribution is -2.05. The van der Waals surface area contributed by atoms with E-state index < -0.39 is 4.92 Å². The Kier molecular flexibility index (Phi) is 5.64. The zero-order valence-corrected chi connectivity index (χ0v) is 15.7. The molecular formula is C14H12Cl2N6O3S. The van der Waals surface area contributed by atoms with Crippen LogP contribution in [0.15, 0.2) is 35.7 Å². The molecule has 9 nitrogen and oxygen atoms in total. The highest BCUT2D eigenvalue weighted by Gasteiger charge is 2.13. The van der Waals surface area contributed by atoms with Crippen LogP contribution in [0.3, 0.4) is 0 Å². The normalized spacial score (nSPS) is 10.9. The lowest BCUT2D eigenvalue weighted by Gasteiger charge is -2.08. The number of ether oxygens (including phenoxy) is 1. The fourth-order valence-corrected chi connectivity index (χ4v) is 3.22. The number of aromatic nitrogens is 5. The Hall–Kier alpha value is -2.30. The maximum atomic E-state index is 10.7. The molecule has 2 aromatic heterocycles. The minimum absolute atomic E-state index is 0.0579. The van der Waals surface area contributed by atoms with E-state index in [2.05, 4.69) is 15.3 Å². The summed E-state index contributed by atoms with van der Waals surface area (Å²) in [5, 5.41) is 24.3. The van der Waals surface area contributed by atoms with Crippen LogP contribution in [0.2, 0.25) is 10.0 Å². The summed E-state index contributed by atoms with van der Waals surface area (Å²) in [6.07, 6.45) is 2.56. The average molecular weight is 415 g/mol. The topological polar surface area (TPSA) is 101 Å². The van der Waals surface area contributed by atoms with Crippen molar-refractivity contribution in [3.05, 3.63) is 56.6 Å². The van der Waals surface area contributed by atoms with E-state index in [4.69, 9.17) is 27.9 Å². The minimum Gasteiger partial charge on any atom is -0.484 e. The van der Waals surface area contributed by atoms with Crippen molar-refractivity contribution in [2.75, 3.05) is 0 Å². The van der Waals surface area contributed by atoms with Crippen LogP contribution in [0.5, 0.6) is 5.75 Å². The molecule has 0 aliphatic carbocycles. The predicted molar refractivity (Wildman–Crippen MR) is 96.5 cm³/mol. The predicted octanol–water partition coefficient (Wildman–Crippen LogP) is 3.56. The van der Waals surface area contributed by atoms with Crippen molar-refractivity contribution >= 4 is 40.7 Å². The Bertz CT molecular complexity index is 945. The zero-order chi connectivity index (χ0) is 18.7. The third-order valence-corrected chi connectivity index (χ3v) is 4.87. The van der Waals surface area contributed by atoms with Gasteiger partial charge >= 0.3 is 5.69 Å². The summed E-state index contributed by atoms with van der Waals surface area (Å²) in [5.41, 5.74) is -0.0579. The summed E-state index contributed by atoms with van der Waals surface area (Å²) in [7, 11) is 1.80. The molecule has 0 saturated heterocycles. The molecule has 2 heterocycles. The van der Waals surface area contributed by atoms with Gasteiger partial charge in [0.1, 0.15) is 24.8 Å². The minimum atomic E-state index is -0.492. The Morgan fingerprint density at radius 3 is 2.85 bits per heavy atom. The standard InChI is InChI=1S/C14H12Cl2N6O3S/c1-20-13(7-25-12-3-2-9(15)4-11(12)16)18-19-14(20)26-8-21-6-10(5-17-21)22(23)24/h2-6H,7-8H2,1H3. The Labute approximate surface area is 162 Å². The number of thioether (sulfide) groups is 1. The van der Waals surface area contributed by atoms with Crippen molar-refractivity contribution in [2.24, 2.45) is 7.05 Å². The highest BCUT2D eigenvalue weighted by Crippen LogP contribution is 2.28. The first-order valence-corrected chi connectivity index (χ1v) is 8.94. The SMILES string of the molecule is Cn1c(COc2ccc(Cl)cc2Cl)nnc1SCn1cc([N+](=O)[O-])cn1. The Morgan fingerprint density at radius 1 is 1.35 bits per heavy atom. The molecule has 0 radical (unpaired) electrons. The summed E-state index contributed by atoms with van der Waals surface area (Å²) in [5.74, 6) is 1.46. The Morgan fingerprint density at radius 2 is 2.15 bits per heavy atom. The van der Waals surface area contributed by atoms with Gasteiger partial charge in [0.15, 0.2) is 11.0 Å². The van der Waals surface area contributed by atoms with Crippen molar-refractivity contribution < 1.29 is 9.66 Å². The molecule has 1 aromatic carbocycles. The highest BCUT2D eigenvalue weighted by atomic mass is 35.5. The summed E-state index contributed by atoms with van der Waals surface area (Å²) in [4.78, 5) is 10.2. The third-order valence-electron chi connectivity index (χ3n) is 3.33. The van der Waals surface area contributed by atoms with E-state index in [0.717, 1.165) is 0 Å². The summed E-state index contributed by atoms with van der Waals surface area (Å²) < 4.78 is 8.88. The van der Waals surface area contributed by atoms with Crippen molar-refractivity contribution in [2.45, 2.75) is 17.6 Å². The summed E-state index contributed by atoms with van der Waals surface area (Å²) in [6, 6.07) is 4.96. The third kappa shape index (κ3) is 4.26. The number of nitro groups is 1. The monoisotopic (exact) mass is 414 g/mol. The second-order valence-corrected chi connectivity index (χ2v) is 6.85. The second-order valence-electron chi connectivity index (χ2n) is 5.09. The van der Waals surface area contributed by atoms with Crippen molar-refractivity contribution in [1.29, 1.82) is 0 Å². The van der Waals surface area contributed by atoms with Crippen LogP contribution in [-0.2, 0) is 19.5 Å². The van der Waals surface area contributed by atoms with E-state index in [9.17, 15) is 10.1 Å². The molecule has 136 valence electrons. The van der Waals surface area contributed by atoms with E-state index in [1.54, 1.807) is 29.8 Å². The Balaban J connectivity index is 1.61. The van der Waals surface area contributed by atoms with Crippen molar-refractivity contribution in [3.63, 3.8) is 0 Å². The fraction of sp³-hybridized carbons (Fsp3) is 0.214. The summed E-state index contributed by atoms with van der Waals surface area (Å²) in [6.45, 7) is 0.179. The number of hydrogen-bond donors (Lipinski definition) is 0. The van der Waals surface area contributed by atoms with E-state index in [1.165, 1.54) is 28.8 Å². The van der Waals surface area contributed by atoms with E-state index in [-0.39, 0.29) is 12.3 Å². The molecule has 12 heteroatoms. The van der Waals surface area contributed by atoms with E-state index in [0.29, 0.717) is 32.7 Å². The van der Waals surface area contributed by atoms with Gasteiger partial charge in [-0.2, -0.15) is 5.10 Å². The largest absolute Gasteiger partial charge is 0.484 e. The van der Waals surface area contributed by atoms with E-state index >= 15 is 0 Å². The van der Waals surface area contributed by atoms with Crippen LogP contribution in [0, 0.1) is 10.1 Å². The molecule has 0 unspecified atom stereocenters. The first-order valence-electron chi connectivity index (χ1n) is 7.20. The van der Waals surface area contributed by atoms with Crippen molar-refractivity contribution in [3.8, 4) is 5.75 Å². The molecule has 3 rings (SSSR count). The lowest BCUT2D eigenvalue weighted by atomic mass is 10.3. The fourth-order valence-electron chi connectivity index (χ4n) is 1.97. The van der Waals surface area contributed by atoms with Crippen LogP contribution >= 0.6 is 35.0 Å². The smallest absolute Gasteiger partial charge is 0.307 e. The van der Waals surface area contributed by atoms with Gasteiger partial charge in [0.25, 0.3) is 0 Å². The molecule has 0 amide bonds. The van der Waals surface area contributed by atoms with Crippen LogP contribution in [0.1, 0.15) is 5.82 Å². The van der Waals surface area contributed by atoms with Gasteiger partial charge in [0.05, 0.1) is 15.8 Å². The average Bonchev–Trinajstić information content (AvgIpc) is 3.20. The molecule has 0 spiro atoms. The molecule has 3 aromatic rings. The maximum Gasteiger partial charge on any atom is 0.307 e. The molecule has 0 fully saturated rings. The molecule has 26 heavy (non-hydrogen) atoms. The van der Waals surface area contributed by atoms with Crippen LogP contribution in [-0.4, -0.2) is 29.5 Å². The number of nitrogens with zero attached hydrogens (tertiary/aromatic N) is 6. The first-order chi connectivity index (χ1) is 12.4. The molecule has 0 aliphatic heterocycles. The van der Waals surface area contributed by atoms with Crippen LogP contribution in [0.4, 0.5) is 5.69 Å². The van der Waals surface area contributed by atoms with E-state index in [1.807, 2.05) is 0 Å². The number of benzene rings is 1. The molecule has 0 N–H and O–H groups in total. The lowest BCUT2D eigenvalue weighted by molar-refractivity contribution is -0.385. The van der Waals surface area contributed by atoms with Gasteiger partial charge in [-0.3, -0.25) is 14.8 Å². The molecular weight excluding hydrogens is 403 g/mol.